The molecule has 0 aliphatic carbocycles. The molecule has 0 bridgehead atoms. The van der Waals surface area contributed by atoms with Crippen LogP contribution in [0, 0.1) is 0 Å². The molecule has 0 unspecified atom stereocenters. The molecule has 1 saturated heterocycles. The molecule has 1 N–H and O–H groups in total. The van der Waals surface area contributed by atoms with Gasteiger partial charge < -0.3 is 33.4 Å². The van der Waals surface area contributed by atoms with Gasteiger partial charge in [-0.3, -0.25) is 19.4 Å². The Hall–Kier alpha value is -5.75. The van der Waals surface area contributed by atoms with E-state index in [9.17, 15) is 5.11 Å². The fourth-order valence-corrected chi connectivity index (χ4v) is 9.30. The molecular weight excluding hydrogens is 778 g/mol. The molecule has 4 aliphatic rings. The highest BCUT2D eigenvalue weighted by molar-refractivity contribution is 6.13. The number of rotatable bonds is 7. The van der Waals surface area contributed by atoms with E-state index in [1.165, 1.54) is 5.56 Å². The molecule has 4 aliphatic heterocycles. The summed E-state index contributed by atoms with van der Waals surface area (Å²) in [6, 6.07) is 28.2. The van der Waals surface area contributed by atoms with Gasteiger partial charge in [0, 0.05) is 97.7 Å². The average molecular weight is 830 g/mol. The summed E-state index contributed by atoms with van der Waals surface area (Å²) in [5.41, 5.74) is 7.67. The second kappa shape index (κ2) is 16.7. The number of morpholine rings is 1. The Kier molecular flexibility index (Phi) is 10.4. The number of hydrogen-bond donors (Lipinski definition) is 1. The maximum Gasteiger partial charge on any atom is 0.264 e. The van der Waals surface area contributed by atoms with Crippen LogP contribution in [0.1, 0.15) is 59.5 Å². The van der Waals surface area contributed by atoms with Gasteiger partial charge in [-0.2, -0.15) is 0 Å². The standard InChI is InChI=1S/C48H49N5O6.ClH/c1-49-18-16-33-26-36(12-15-42(33)49)53(35-10-13-38(54)14-11-35)48(56)41-27-44(51-17-5-4-9-43(41)51)39-28-45-46(59-22-6-21-58-45)29-40(39)47(55)52-30-34-8-3-2-7-32(34)25-37(52)31-50-19-23-57-24-20-50;/h2-3,7-8,10-16,18,26-29,37,54H,4-6,9,17,19-25,30-31H2,1H3;1H/t37-;/m0./s1/i21D2;. The molecule has 12 heteroatoms. The first-order valence-corrected chi connectivity index (χ1v) is 20.7. The van der Waals surface area contributed by atoms with Crippen molar-refractivity contribution >= 4 is 46.5 Å². The van der Waals surface area contributed by atoms with Crippen LogP contribution in [-0.2, 0) is 37.7 Å². The van der Waals surface area contributed by atoms with Crippen molar-refractivity contribution in [1.29, 1.82) is 0 Å². The maximum atomic E-state index is 15.5. The summed E-state index contributed by atoms with van der Waals surface area (Å²) in [4.78, 5) is 36.9. The molecular formula is C48H50ClN5O6. The lowest BCUT2D eigenvalue weighted by molar-refractivity contribution is 0.0193. The van der Waals surface area contributed by atoms with E-state index in [0.717, 1.165) is 48.1 Å². The Morgan fingerprint density at radius 1 is 0.833 bits per heavy atom. The van der Waals surface area contributed by atoms with Crippen molar-refractivity contribution in [3.63, 3.8) is 0 Å². The summed E-state index contributed by atoms with van der Waals surface area (Å²) in [5, 5.41) is 11.2. The van der Waals surface area contributed by atoms with Gasteiger partial charge in [-0.15, -0.1) is 12.4 Å². The summed E-state index contributed by atoms with van der Waals surface area (Å²) >= 11 is 0. The average Bonchev–Trinajstić information content (AvgIpc) is 3.79. The summed E-state index contributed by atoms with van der Waals surface area (Å²) in [7, 11) is 1.99. The Morgan fingerprint density at radius 3 is 2.45 bits per heavy atom. The van der Waals surface area contributed by atoms with Gasteiger partial charge in [0.1, 0.15) is 5.75 Å². The third kappa shape index (κ3) is 7.39. The van der Waals surface area contributed by atoms with Crippen molar-refractivity contribution in [2.45, 2.75) is 51.2 Å². The fraction of sp³-hybridized carbons (Fsp3) is 0.333. The molecule has 2 aromatic heterocycles. The van der Waals surface area contributed by atoms with Crippen molar-refractivity contribution in [2.75, 3.05) is 50.9 Å². The van der Waals surface area contributed by atoms with Crippen molar-refractivity contribution < 1.29 is 31.6 Å². The third-order valence-corrected chi connectivity index (χ3v) is 12.3. The molecule has 6 aromatic rings. The first kappa shape index (κ1) is 37.3. The van der Waals surface area contributed by atoms with Crippen LogP contribution >= 0.6 is 12.4 Å². The minimum absolute atomic E-state index is 0. The number of benzene rings is 4. The Balaban J connectivity index is 0.00000490. The number of aromatic nitrogens is 2. The number of phenols is 1. The summed E-state index contributed by atoms with van der Waals surface area (Å²) in [6.07, 6.45) is 5.15. The SMILES string of the molecule is Cl.[2H]C1([2H])CCOc2cc(C(=O)N3Cc4ccccc4C[C@H]3CN3CCOCC3)c(-c3cc(C(=O)N(c4ccc(O)cc4)c4ccc5c(ccn5C)c4)c4n3CCCC4)cc2O1. The number of hydrogen-bond acceptors (Lipinski definition) is 7. The fourth-order valence-electron chi connectivity index (χ4n) is 9.30. The summed E-state index contributed by atoms with van der Waals surface area (Å²) in [5.74, 6) is 0.215. The number of aryl methyl sites for hydroxylation is 1. The normalized spacial score (nSPS) is 18.9. The zero-order valence-corrected chi connectivity index (χ0v) is 34.5. The van der Waals surface area contributed by atoms with Crippen LogP contribution in [0.2, 0.25) is 0 Å². The molecule has 1 fully saturated rings. The molecule has 1 atom stereocenters. The zero-order valence-electron chi connectivity index (χ0n) is 35.6. The number of ether oxygens (including phenoxy) is 3. The zero-order chi connectivity index (χ0) is 41.8. The maximum absolute atomic E-state index is 15.5. The van der Waals surface area contributed by atoms with Crippen LogP contribution in [0.4, 0.5) is 11.4 Å². The van der Waals surface area contributed by atoms with Crippen molar-refractivity contribution in [3.05, 3.63) is 125 Å². The Labute approximate surface area is 358 Å². The van der Waals surface area contributed by atoms with Crippen LogP contribution in [0.15, 0.2) is 97.2 Å². The summed E-state index contributed by atoms with van der Waals surface area (Å²) < 4.78 is 39.2. The molecule has 0 saturated carbocycles. The van der Waals surface area contributed by atoms with E-state index < -0.39 is 6.56 Å². The number of carbonyl (C=O) groups is 2. The predicted molar refractivity (Wildman–Crippen MR) is 234 cm³/mol. The topological polar surface area (TPSA) is 102 Å². The van der Waals surface area contributed by atoms with E-state index in [4.69, 9.17) is 17.0 Å². The summed E-state index contributed by atoms with van der Waals surface area (Å²) in [6.45, 7) is 2.77. The van der Waals surface area contributed by atoms with E-state index in [1.54, 1.807) is 41.3 Å². The number of carbonyl (C=O) groups excluding carboxylic acids is 2. The van der Waals surface area contributed by atoms with Crippen LogP contribution < -0.4 is 14.4 Å². The molecule has 60 heavy (non-hydrogen) atoms. The van der Waals surface area contributed by atoms with Crippen molar-refractivity contribution in [1.82, 2.24) is 18.9 Å². The quantitative estimate of drug-likeness (QED) is 0.173. The van der Waals surface area contributed by atoms with E-state index in [1.807, 2.05) is 59.1 Å². The van der Waals surface area contributed by atoms with E-state index in [-0.39, 0.29) is 54.8 Å². The molecule has 2 amide bonds. The number of fused-ring (bicyclic) bond motifs is 4. The van der Waals surface area contributed by atoms with Gasteiger partial charge in [0.05, 0.1) is 40.2 Å². The molecule has 10 rings (SSSR count). The number of phenolic OH excluding ortho intramolecular Hbond substituents is 1. The van der Waals surface area contributed by atoms with E-state index in [0.29, 0.717) is 85.2 Å². The van der Waals surface area contributed by atoms with Gasteiger partial charge >= 0.3 is 0 Å². The van der Waals surface area contributed by atoms with Gasteiger partial charge in [0.25, 0.3) is 11.8 Å². The molecule has 0 spiro atoms. The van der Waals surface area contributed by atoms with Gasteiger partial charge in [0.2, 0.25) is 0 Å². The minimum atomic E-state index is -1.99. The highest BCUT2D eigenvalue weighted by atomic mass is 35.5. The van der Waals surface area contributed by atoms with Crippen LogP contribution in [-0.4, -0.2) is 87.9 Å². The lowest BCUT2D eigenvalue weighted by atomic mass is 9.92. The number of halogens is 1. The van der Waals surface area contributed by atoms with E-state index in [2.05, 4.69) is 27.7 Å². The molecule has 6 heterocycles. The highest BCUT2D eigenvalue weighted by Crippen LogP contribution is 2.42. The number of anilines is 2. The molecule has 310 valence electrons. The van der Waals surface area contributed by atoms with Crippen LogP contribution in [0.3, 0.4) is 0 Å². The van der Waals surface area contributed by atoms with Crippen LogP contribution in [0.5, 0.6) is 17.2 Å². The number of nitrogens with zero attached hydrogens (tertiary/aromatic N) is 5. The number of aromatic hydroxyl groups is 1. The highest BCUT2D eigenvalue weighted by Gasteiger charge is 2.36. The molecule has 4 aromatic carbocycles. The Bertz CT molecular complexity index is 2660. The molecule has 11 nitrogen and oxygen atoms in total. The Morgan fingerprint density at radius 2 is 1.62 bits per heavy atom. The largest absolute Gasteiger partial charge is 0.508 e. The van der Waals surface area contributed by atoms with E-state index >= 15 is 9.59 Å². The third-order valence-electron chi connectivity index (χ3n) is 12.3. The van der Waals surface area contributed by atoms with Crippen molar-refractivity contribution in [2.24, 2.45) is 7.05 Å². The predicted octanol–water partition coefficient (Wildman–Crippen LogP) is 8.15. The van der Waals surface area contributed by atoms with Gasteiger partial charge in [0.15, 0.2) is 11.5 Å². The number of amides is 2. The van der Waals surface area contributed by atoms with Gasteiger partial charge in [-0.1, -0.05) is 24.3 Å². The second-order valence-electron chi connectivity index (χ2n) is 16.0. The van der Waals surface area contributed by atoms with Crippen molar-refractivity contribution in [3.8, 4) is 28.5 Å². The monoisotopic (exact) mass is 829 g/mol. The first-order valence-electron chi connectivity index (χ1n) is 21.7. The van der Waals surface area contributed by atoms with Gasteiger partial charge in [-0.25, -0.2) is 0 Å². The lowest BCUT2D eigenvalue weighted by Crippen LogP contribution is -2.52. The molecule has 0 radical (unpaired) electrons. The second-order valence-corrected chi connectivity index (χ2v) is 16.0. The first-order chi connectivity index (χ1) is 29.6. The van der Waals surface area contributed by atoms with Crippen LogP contribution in [0.25, 0.3) is 22.2 Å². The van der Waals surface area contributed by atoms with Gasteiger partial charge in [-0.05, 0) is 104 Å². The lowest BCUT2D eigenvalue weighted by Gasteiger charge is -2.40. The smallest absolute Gasteiger partial charge is 0.264 e. The minimum Gasteiger partial charge on any atom is -0.508 e.